The molecule has 3 heteroatoms. The molecule has 7 aromatic carbocycles. The van der Waals surface area contributed by atoms with Crippen molar-refractivity contribution in [1.29, 1.82) is 0 Å². The minimum Gasteiger partial charge on any atom is -0.309 e. The number of nitrogens with zero attached hydrogens (tertiary/aromatic N) is 2. The van der Waals surface area contributed by atoms with Gasteiger partial charge < -0.3 is 4.57 Å². The van der Waals surface area contributed by atoms with Gasteiger partial charge in [0.05, 0.1) is 16.7 Å². The van der Waals surface area contributed by atoms with E-state index in [9.17, 15) is 0 Å². The van der Waals surface area contributed by atoms with E-state index in [1.165, 1.54) is 48.5 Å². The van der Waals surface area contributed by atoms with Crippen molar-refractivity contribution in [3.8, 4) is 28.1 Å². The van der Waals surface area contributed by atoms with Crippen molar-refractivity contribution in [2.45, 2.75) is 0 Å². The van der Waals surface area contributed by atoms with Gasteiger partial charge in [-0.1, -0.05) is 170 Å². The Morgan fingerprint density at radius 1 is 0.360 bits per heavy atom. The van der Waals surface area contributed by atoms with Crippen LogP contribution in [0.1, 0.15) is 0 Å². The second-order valence-electron chi connectivity index (χ2n) is 12.8. The van der Waals surface area contributed by atoms with Crippen LogP contribution in [0.3, 0.4) is 0 Å². The minimum atomic E-state index is -3.02. The van der Waals surface area contributed by atoms with E-state index in [2.05, 4.69) is 211 Å². The topological polar surface area (TPSA) is 17.8 Å². The van der Waals surface area contributed by atoms with Crippen molar-refractivity contribution in [3.05, 3.63) is 206 Å². The number of pyridine rings is 1. The lowest BCUT2D eigenvalue weighted by Gasteiger charge is -2.34. The molecule has 0 aliphatic heterocycles. The Balaban J connectivity index is 1.41. The third kappa shape index (κ3) is 4.99. The van der Waals surface area contributed by atoms with Crippen LogP contribution in [0, 0.1) is 0 Å². The molecule has 0 radical (unpaired) electrons. The second kappa shape index (κ2) is 12.6. The molecule has 0 aliphatic carbocycles. The molecule has 0 unspecified atom stereocenters. The summed E-state index contributed by atoms with van der Waals surface area (Å²) < 4.78 is 2.39. The summed E-state index contributed by atoms with van der Waals surface area (Å²) in [7, 11) is -3.02. The van der Waals surface area contributed by atoms with Crippen LogP contribution in [0.25, 0.3) is 49.9 Å². The molecule has 0 N–H and O–H groups in total. The summed E-state index contributed by atoms with van der Waals surface area (Å²) >= 11 is 0. The molecular weight excluding hydrogens is 621 g/mol. The second-order valence-corrected chi connectivity index (χ2v) is 16.5. The van der Waals surface area contributed by atoms with E-state index in [4.69, 9.17) is 4.98 Å². The van der Waals surface area contributed by atoms with Crippen LogP contribution in [0.2, 0.25) is 0 Å². The number of aromatic nitrogens is 2. The average molecular weight is 655 g/mol. The first kappa shape index (κ1) is 29.8. The van der Waals surface area contributed by atoms with Crippen LogP contribution in [0.5, 0.6) is 0 Å². The number of hydrogen-bond acceptors (Lipinski definition) is 1. The zero-order valence-corrected chi connectivity index (χ0v) is 28.5. The fourth-order valence-electron chi connectivity index (χ4n) is 7.66. The molecule has 0 spiro atoms. The SMILES string of the molecule is c1ccc(-c2cc(-c3ccccc3)nc([Si](c3ccccc3)(c3ccccc3)c3ccc4c(c3)c3ccccc3n4-c3ccccc3)c2)cc1. The molecule has 50 heavy (non-hydrogen) atoms. The normalized spacial score (nSPS) is 11.6. The molecule has 0 atom stereocenters. The van der Waals surface area contributed by atoms with Gasteiger partial charge >= 0.3 is 0 Å². The Morgan fingerprint density at radius 2 is 0.880 bits per heavy atom. The summed E-state index contributed by atoms with van der Waals surface area (Å²) in [5.74, 6) is 0. The fourth-order valence-corrected chi connectivity index (χ4v) is 12.3. The number of fused-ring (bicyclic) bond motifs is 3. The van der Waals surface area contributed by atoms with Crippen LogP contribution in [0.15, 0.2) is 206 Å². The monoisotopic (exact) mass is 654 g/mol. The number of rotatable bonds is 7. The Kier molecular flexibility index (Phi) is 7.53. The maximum Gasteiger partial charge on any atom is 0.201 e. The summed E-state index contributed by atoms with van der Waals surface area (Å²) in [5, 5.41) is 7.50. The first-order valence-corrected chi connectivity index (χ1v) is 19.1. The van der Waals surface area contributed by atoms with Crippen molar-refractivity contribution in [2.24, 2.45) is 0 Å². The van der Waals surface area contributed by atoms with Gasteiger partial charge in [-0.05, 0) is 63.1 Å². The first-order valence-electron chi connectivity index (χ1n) is 17.1. The third-order valence-corrected chi connectivity index (χ3v) is 14.5. The predicted molar refractivity (Wildman–Crippen MR) is 213 cm³/mol. The van der Waals surface area contributed by atoms with Gasteiger partial charge in [0.2, 0.25) is 8.07 Å². The maximum absolute atomic E-state index is 5.68. The minimum absolute atomic E-state index is 0.979. The Bertz CT molecular complexity index is 2470. The molecule has 0 saturated carbocycles. The van der Waals surface area contributed by atoms with Crippen LogP contribution >= 0.6 is 0 Å². The summed E-state index contributed by atoms with van der Waals surface area (Å²) in [4.78, 5) is 5.68. The average Bonchev–Trinajstić information content (AvgIpc) is 3.54. The maximum atomic E-state index is 5.68. The zero-order chi connectivity index (χ0) is 33.3. The van der Waals surface area contributed by atoms with Crippen LogP contribution in [0.4, 0.5) is 0 Å². The van der Waals surface area contributed by atoms with E-state index in [-0.39, 0.29) is 0 Å². The zero-order valence-electron chi connectivity index (χ0n) is 27.5. The van der Waals surface area contributed by atoms with E-state index in [0.717, 1.165) is 22.3 Å². The van der Waals surface area contributed by atoms with E-state index >= 15 is 0 Å². The quantitative estimate of drug-likeness (QED) is 0.124. The molecule has 0 aliphatic rings. The molecule has 0 saturated heterocycles. The van der Waals surface area contributed by atoms with Crippen LogP contribution < -0.4 is 20.9 Å². The number of para-hydroxylation sites is 2. The lowest BCUT2D eigenvalue weighted by molar-refractivity contribution is 1.18. The summed E-state index contributed by atoms with van der Waals surface area (Å²) in [5.41, 5.74) is 7.99. The van der Waals surface area contributed by atoms with Crippen molar-refractivity contribution < 1.29 is 0 Å². The molecule has 0 fully saturated rings. The number of benzene rings is 7. The summed E-state index contributed by atoms with van der Waals surface area (Å²) in [6.07, 6.45) is 0. The molecule has 0 amide bonds. The van der Waals surface area contributed by atoms with Crippen molar-refractivity contribution in [2.75, 3.05) is 0 Å². The van der Waals surface area contributed by atoms with Gasteiger partial charge in [-0.25, -0.2) is 0 Å². The standard InChI is InChI=1S/C47H34N2Si/c1-6-18-35(19-7-1)37-32-44(36-20-8-2-9-21-36)48-47(33-37)50(39-24-12-4-13-25-39,40-26-14-5-15-27-40)41-30-31-46-43(34-41)42-28-16-17-29-45(42)49(46)38-22-10-3-11-23-38/h1-34H. The molecule has 0 bridgehead atoms. The molecular formula is C47H34N2Si. The fraction of sp³-hybridized carbons (Fsp3) is 0. The van der Waals surface area contributed by atoms with Crippen molar-refractivity contribution in [3.63, 3.8) is 0 Å². The largest absolute Gasteiger partial charge is 0.309 e. The highest BCUT2D eigenvalue weighted by atomic mass is 28.3. The highest BCUT2D eigenvalue weighted by Gasteiger charge is 2.43. The molecule has 9 aromatic rings. The lowest BCUT2D eigenvalue weighted by Crippen LogP contribution is -2.75. The summed E-state index contributed by atoms with van der Waals surface area (Å²) in [6, 6.07) is 74.8. The van der Waals surface area contributed by atoms with Gasteiger partial charge in [0.1, 0.15) is 0 Å². The third-order valence-electron chi connectivity index (χ3n) is 9.92. The van der Waals surface area contributed by atoms with Gasteiger partial charge in [-0.3, -0.25) is 4.98 Å². The van der Waals surface area contributed by atoms with Crippen molar-refractivity contribution in [1.82, 2.24) is 9.55 Å². The lowest BCUT2D eigenvalue weighted by atomic mass is 10.0. The van der Waals surface area contributed by atoms with E-state index < -0.39 is 8.07 Å². The number of hydrogen-bond donors (Lipinski definition) is 0. The predicted octanol–water partition coefficient (Wildman–Crippen LogP) is 8.89. The highest BCUT2D eigenvalue weighted by molar-refractivity contribution is 7.19. The van der Waals surface area contributed by atoms with Crippen molar-refractivity contribution >= 4 is 50.8 Å². The van der Waals surface area contributed by atoms with Crippen LogP contribution in [-0.4, -0.2) is 17.6 Å². The van der Waals surface area contributed by atoms with Gasteiger partial charge in [0, 0.05) is 27.3 Å². The molecule has 2 nitrogen and oxygen atoms in total. The van der Waals surface area contributed by atoms with Crippen LogP contribution in [-0.2, 0) is 0 Å². The Hall–Kier alpha value is -6.29. The molecule has 2 heterocycles. The van der Waals surface area contributed by atoms with Gasteiger partial charge in [-0.2, -0.15) is 0 Å². The molecule has 9 rings (SSSR count). The summed E-state index contributed by atoms with van der Waals surface area (Å²) in [6.45, 7) is 0. The van der Waals surface area contributed by atoms with E-state index in [0.29, 0.717) is 0 Å². The van der Waals surface area contributed by atoms with Gasteiger partial charge in [-0.15, -0.1) is 0 Å². The first-order chi connectivity index (χ1) is 24.8. The van der Waals surface area contributed by atoms with E-state index in [1.54, 1.807) is 0 Å². The highest BCUT2D eigenvalue weighted by Crippen LogP contribution is 2.32. The Morgan fingerprint density at radius 3 is 1.52 bits per heavy atom. The molecule has 236 valence electrons. The van der Waals surface area contributed by atoms with E-state index in [1.807, 2.05) is 0 Å². The van der Waals surface area contributed by atoms with Gasteiger partial charge in [0.15, 0.2) is 0 Å². The smallest absolute Gasteiger partial charge is 0.201 e. The molecule has 2 aromatic heterocycles. The Labute approximate surface area is 293 Å². The van der Waals surface area contributed by atoms with Gasteiger partial charge in [0.25, 0.3) is 0 Å².